The molecule has 2 aromatic carbocycles. The van der Waals surface area contributed by atoms with Crippen molar-refractivity contribution in [3.8, 4) is 11.5 Å². The molecule has 0 fully saturated rings. The van der Waals surface area contributed by atoms with Crippen LogP contribution in [0.15, 0.2) is 52.4 Å². The first-order valence-corrected chi connectivity index (χ1v) is 12.2. The summed E-state index contributed by atoms with van der Waals surface area (Å²) in [5.41, 5.74) is 2.94. The molecule has 0 saturated carbocycles. The van der Waals surface area contributed by atoms with Crippen LogP contribution in [-0.4, -0.2) is 46.5 Å². The number of nitrogens with one attached hydrogen (secondary N) is 1. The van der Waals surface area contributed by atoms with Crippen LogP contribution in [0, 0.1) is 0 Å². The highest BCUT2D eigenvalue weighted by Crippen LogP contribution is 2.30. The predicted octanol–water partition coefficient (Wildman–Crippen LogP) is 3.22. The highest BCUT2D eigenvalue weighted by molar-refractivity contribution is 7.99. The normalized spacial score (nSPS) is 13.1. The van der Waals surface area contributed by atoms with Gasteiger partial charge in [0, 0.05) is 24.2 Å². The number of amides is 1. The van der Waals surface area contributed by atoms with E-state index in [2.05, 4.69) is 5.32 Å². The quantitative estimate of drug-likeness (QED) is 0.411. The SMILES string of the molecule is COc1ccc(CCNC(=O)Cn2c3ccccc3c3nc4n(c(=O)c32)CCCS4)cc1OC. The minimum atomic E-state index is -0.153. The first-order chi connectivity index (χ1) is 16.6. The van der Waals surface area contributed by atoms with E-state index in [1.807, 2.05) is 42.5 Å². The second-order valence-corrected chi connectivity index (χ2v) is 9.21. The van der Waals surface area contributed by atoms with E-state index in [1.165, 1.54) is 0 Å². The topological polar surface area (TPSA) is 87.4 Å². The van der Waals surface area contributed by atoms with Gasteiger partial charge in [0.25, 0.3) is 5.56 Å². The molecular formula is C25H26N4O4S. The Morgan fingerprint density at radius 1 is 1.15 bits per heavy atom. The van der Waals surface area contributed by atoms with Crippen LogP contribution in [-0.2, 0) is 24.3 Å². The van der Waals surface area contributed by atoms with E-state index < -0.39 is 0 Å². The molecule has 0 aliphatic carbocycles. The lowest BCUT2D eigenvalue weighted by Crippen LogP contribution is -2.31. The van der Waals surface area contributed by atoms with Gasteiger partial charge in [-0.1, -0.05) is 36.0 Å². The molecule has 0 radical (unpaired) electrons. The number of benzene rings is 2. The van der Waals surface area contributed by atoms with E-state index in [0.29, 0.717) is 42.0 Å². The fraction of sp³-hybridized carbons (Fsp3) is 0.320. The summed E-state index contributed by atoms with van der Waals surface area (Å²) < 4.78 is 14.2. The maximum Gasteiger partial charge on any atom is 0.278 e. The van der Waals surface area contributed by atoms with E-state index in [4.69, 9.17) is 14.5 Å². The molecule has 176 valence electrons. The number of carbonyl (C=O) groups excluding carboxylic acids is 1. The lowest BCUT2D eigenvalue weighted by atomic mass is 10.1. The van der Waals surface area contributed by atoms with Crippen LogP contribution in [0.1, 0.15) is 12.0 Å². The van der Waals surface area contributed by atoms with E-state index in [1.54, 1.807) is 35.1 Å². The van der Waals surface area contributed by atoms with E-state index in [0.717, 1.165) is 33.8 Å². The van der Waals surface area contributed by atoms with Crippen LogP contribution in [0.2, 0.25) is 0 Å². The van der Waals surface area contributed by atoms with Gasteiger partial charge in [0.2, 0.25) is 5.91 Å². The van der Waals surface area contributed by atoms with Crippen LogP contribution in [0.25, 0.3) is 21.9 Å². The third-order valence-corrected chi connectivity index (χ3v) is 7.14. The van der Waals surface area contributed by atoms with Gasteiger partial charge in [0.05, 0.1) is 19.7 Å². The van der Waals surface area contributed by atoms with Crippen molar-refractivity contribution in [3.05, 3.63) is 58.4 Å². The van der Waals surface area contributed by atoms with E-state index >= 15 is 0 Å². The number of hydrogen-bond donors (Lipinski definition) is 1. The summed E-state index contributed by atoms with van der Waals surface area (Å²) in [7, 11) is 3.20. The summed E-state index contributed by atoms with van der Waals surface area (Å²) in [5.74, 6) is 2.13. The molecular weight excluding hydrogens is 452 g/mol. The number of carbonyl (C=O) groups is 1. The number of thioether (sulfide) groups is 1. The van der Waals surface area contributed by atoms with Gasteiger partial charge >= 0.3 is 0 Å². The molecule has 3 heterocycles. The van der Waals surface area contributed by atoms with Crippen molar-refractivity contribution in [2.45, 2.75) is 31.1 Å². The van der Waals surface area contributed by atoms with Crippen molar-refractivity contribution in [2.24, 2.45) is 0 Å². The number of aromatic nitrogens is 3. The minimum absolute atomic E-state index is 0.0549. The Hall–Kier alpha value is -3.46. The fourth-order valence-electron chi connectivity index (χ4n) is 4.43. The van der Waals surface area contributed by atoms with Crippen molar-refractivity contribution in [3.63, 3.8) is 0 Å². The number of hydrogen-bond acceptors (Lipinski definition) is 6. The number of ether oxygens (including phenoxy) is 2. The third-order valence-electron chi connectivity index (χ3n) is 6.07. The predicted molar refractivity (Wildman–Crippen MR) is 133 cm³/mol. The molecule has 2 aromatic heterocycles. The second kappa shape index (κ2) is 9.42. The van der Waals surface area contributed by atoms with Crippen LogP contribution in [0.5, 0.6) is 11.5 Å². The Bertz CT molecular complexity index is 1440. The van der Waals surface area contributed by atoms with Gasteiger partial charge in [-0.05, 0) is 36.6 Å². The number of rotatable bonds is 7. The largest absolute Gasteiger partial charge is 0.493 e. The molecule has 5 rings (SSSR count). The summed E-state index contributed by atoms with van der Waals surface area (Å²) in [6.45, 7) is 1.18. The van der Waals surface area contributed by atoms with Crippen LogP contribution < -0.4 is 20.3 Å². The summed E-state index contributed by atoms with van der Waals surface area (Å²) in [5, 5.41) is 4.63. The zero-order valence-corrected chi connectivity index (χ0v) is 20.0. The number of para-hydroxylation sites is 1. The lowest BCUT2D eigenvalue weighted by Gasteiger charge is -2.17. The molecule has 0 unspecified atom stereocenters. The summed E-state index contributed by atoms with van der Waals surface area (Å²) in [6, 6.07) is 13.5. The molecule has 0 saturated heterocycles. The Morgan fingerprint density at radius 3 is 2.79 bits per heavy atom. The molecule has 0 bridgehead atoms. The van der Waals surface area contributed by atoms with E-state index in [9.17, 15) is 9.59 Å². The lowest BCUT2D eigenvalue weighted by molar-refractivity contribution is -0.121. The van der Waals surface area contributed by atoms with Gasteiger partial charge in [-0.15, -0.1) is 0 Å². The number of nitrogens with zero attached hydrogens (tertiary/aromatic N) is 3. The Kier molecular flexibility index (Phi) is 6.19. The summed E-state index contributed by atoms with van der Waals surface area (Å²) in [6.07, 6.45) is 1.58. The van der Waals surface area contributed by atoms with Gasteiger partial charge < -0.3 is 19.4 Å². The van der Waals surface area contributed by atoms with Crippen molar-refractivity contribution in [2.75, 3.05) is 26.5 Å². The minimum Gasteiger partial charge on any atom is -0.493 e. The maximum absolute atomic E-state index is 13.4. The number of methoxy groups -OCH3 is 2. The van der Waals surface area contributed by atoms with E-state index in [-0.39, 0.29) is 18.0 Å². The average Bonchev–Trinajstić information content (AvgIpc) is 3.17. The van der Waals surface area contributed by atoms with Crippen molar-refractivity contribution in [1.82, 2.24) is 19.4 Å². The molecule has 9 heteroatoms. The van der Waals surface area contributed by atoms with Crippen LogP contribution in [0.4, 0.5) is 0 Å². The van der Waals surface area contributed by atoms with Crippen molar-refractivity contribution >= 4 is 39.6 Å². The van der Waals surface area contributed by atoms with Crippen LogP contribution >= 0.6 is 11.8 Å². The Morgan fingerprint density at radius 2 is 1.97 bits per heavy atom. The molecule has 0 spiro atoms. The standard InChI is InChI=1S/C25H26N4O4S/c1-32-19-9-8-16(14-20(19)33-2)10-11-26-21(30)15-29-18-7-4-3-6-17(18)22-23(29)24(31)28-12-5-13-34-25(28)27-22/h3-4,6-9,14H,5,10-13,15H2,1-2H3,(H,26,30). The molecule has 1 N–H and O–H groups in total. The monoisotopic (exact) mass is 478 g/mol. The smallest absolute Gasteiger partial charge is 0.278 e. The average molecular weight is 479 g/mol. The zero-order chi connectivity index (χ0) is 23.7. The maximum atomic E-state index is 13.4. The van der Waals surface area contributed by atoms with Gasteiger partial charge in [-0.2, -0.15) is 0 Å². The Labute approximate surface area is 200 Å². The zero-order valence-electron chi connectivity index (χ0n) is 19.2. The summed E-state index contributed by atoms with van der Waals surface area (Å²) in [4.78, 5) is 31.1. The van der Waals surface area contributed by atoms with Gasteiger partial charge in [0.1, 0.15) is 17.6 Å². The Balaban J connectivity index is 1.39. The van der Waals surface area contributed by atoms with Gasteiger partial charge in [-0.25, -0.2) is 4.98 Å². The first-order valence-electron chi connectivity index (χ1n) is 11.2. The van der Waals surface area contributed by atoms with Crippen molar-refractivity contribution < 1.29 is 14.3 Å². The number of fused-ring (bicyclic) bond motifs is 4. The summed E-state index contributed by atoms with van der Waals surface area (Å²) >= 11 is 1.61. The molecule has 1 aliphatic heterocycles. The van der Waals surface area contributed by atoms with Gasteiger partial charge in [-0.3, -0.25) is 14.2 Å². The molecule has 8 nitrogen and oxygen atoms in total. The molecule has 4 aromatic rings. The van der Waals surface area contributed by atoms with Gasteiger partial charge in [0.15, 0.2) is 16.7 Å². The molecule has 1 amide bonds. The van der Waals surface area contributed by atoms with Crippen LogP contribution in [0.3, 0.4) is 0 Å². The second-order valence-electron chi connectivity index (χ2n) is 8.14. The highest BCUT2D eigenvalue weighted by atomic mass is 32.2. The molecule has 34 heavy (non-hydrogen) atoms. The molecule has 1 aliphatic rings. The first kappa shape index (κ1) is 22.3. The molecule has 0 atom stereocenters. The highest BCUT2D eigenvalue weighted by Gasteiger charge is 2.22. The van der Waals surface area contributed by atoms with Crippen molar-refractivity contribution in [1.29, 1.82) is 0 Å². The fourth-order valence-corrected chi connectivity index (χ4v) is 5.37. The third kappa shape index (κ3) is 4.00.